The van der Waals surface area contributed by atoms with Gasteiger partial charge in [-0.3, -0.25) is 4.79 Å². The molecule has 0 aliphatic rings. The van der Waals surface area contributed by atoms with Gasteiger partial charge >= 0.3 is 41.6 Å². The van der Waals surface area contributed by atoms with Crippen LogP contribution >= 0.6 is 11.8 Å². The number of carbonyl (C=O) groups is 2. The van der Waals surface area contributed by atoms with Crippen LogP contribution in [0.3, 0.4) is 0 Å². The summed E-state index contributed by atoms with van der Waals surface area (Å²) >= 11 is 1.24. The first kappa shape index (κ1) is 21.4. The minimum absolute atomic E-state index is 0. The topological polar surface area (TPSA) is 88.3 Å². The molecule has 1 heterocycles. The molecule has 7 nitrogen and oxygen atoms in total. The number of carboxylic acid groups (broad SMARTS) is 1. The van der Waals surface area contributed by atoms with Gasteiger partial charge in [0.2, 0.25) is 0 Å². The molecule has 1 unspecified atom stereocenters. The third-order valence-electron chi connectivity index (χ3n) is 2.58. The Morgan fingerprint density at radius 2 is 1.91 bits per heavy atom. The Kier molecular flexibility index (Phi) is 8.11. The van der Waals surface area contributed by atoms with E-state index in [1.54, 1.807) is 21.0 Å². The van der Waals surface area contributed by atoms with Crippen molar-refractivity contribution in [2.75, 3.05) is 14.1 Å². The molecule has 0 aliphatic carbocycles. The Hall–Kier alpha value is -0.570. The minimum atomic E-state index is -0.879. The van der Waals surface area contributed by atoms with Crippen LogP contribution in [0.4, 0.5) is 4.79 Å². The molecule has 1 aromatic heterocycles. The molecule has 0 aliphatic heterocycles. The zero-order valence-electron chi connectivity index (χ0n) is 14.2. The Morgan fingerprint density at radius 1 is 1.36 bits per heavy atom. The standard InChI is InChI=1S/C13H22N4O3S.Na/c1-8(7-9(18)19)21-11-14-10(13(2,3)4)15-17(11)12(20)16(5)6;/h8H,7H2,1-6H3,(H,18,19);/q;+1. The number of carbonyl (C=O) groups excluding carboxylic acids is 1. The van der Waals surface area contributed by atoms with Crippen molar-refractivity contribution in [2.45, 2.75) is 49.9 Å². The van der Waals surface area contributed by atoms with Crippen molar-refractivity contribution < 1.29 is 44.3 Å². The molecule has 1 atom stereocenters. The second-order valence-corrected chi connectivity index (χ2v) is 7.49. The molecule has 0 spiro atoms. The smallest absolute Gasteiger partial charge is 0.481 e. The van der Waals surface area contributed by atoms with Crippen LogP contribution in [0, 0.1) is 0 Å². The molecule has 0 aromatic carbocycles. The van der Waals surface area contributed by atoms with E-state index < -0.39 is 5.97 Å². The number of aliphatic carboxylic acids is 1. The molecular weight excluding hydrogens is 315 g/mol. The normalized spacial score (nSPS) is 12.5. The van der Waals surface area contributed by atoms with Crippen LogP contribution in [0.2, 0.25) is 0 Å². The van der Waals surface area contributed by atoms with Crippen molar-refractivity contribution in [3.05, 3.63) is 5.82 Å². The van der Waals surface area contributed by atoms with Gasteiger partial charge in [-0.05, 0) is 0 Å². The molecule has 0 saturated carbocycles. The third kappa shape index (κ3) is 5.91. The molecule has 1 rings (SSSR count). The third-order valence-corrected chi connectivity index (χ3v) is 3.62. The summed E-state index contributed by atoms with van der Waals surface area (Å²) in [5.74, 6) is -0.321. The fourth-order valence-electron chi connectivity index (χ4n) is 1.47. The van der Waals surface area contributed by atoms with Crippen LogP contribution in [0.1, 0.15) is 39.9 Å². The van der Waals surface area contributed by atoms with Gasteiger partial charge in [0.1, 0.15) is 0 Å². The number of thioether (sulfide) groups is 1. The first-order valence-electron chi connectivity index (χ1n) is 6.60. The number of carboxylic acids is 1. The Labute approximate surface area is 157 Å². The van der Waals surface area contributed by atoms with E-state index >= 15 is 0 Å². The van der Waals surface area contributed by atoms with Gasteiger partial charge in [-0.2, -0.15) is 4.68 Å². The first-order valence-corrected chi connectivity index (χ1v) is 7.48. The van der Waals surface area contributed by atoms with Crippen molar-refractivity contribution in [3.8, 4) is 0 Å². The summed E-state index contributed by atoms with van der Waals surface area (Å²) < 4.78 is 1.24. The molecule has 118 valence electrons. The number of aromatic nitrogens is 3. The van der Waals surface area contributed by atoms with E-state index in [9.17, 15) is 9.59 Å². The summed E-state index contributed by atoms with van der Waals surface area (Å²) in [7, 11) is 3.27. The summed E-state index contributed by atoms with van der Waals surface area (Å²) in [4.78, 5) is 28.7. The fraction of sp³-hybridized carbons (Fsp3) is 0.692. The molecule has 1 N–H and O–H groups in total. The molecule has 0 bridgehead atoms. The number of amides is 1. The predicted molar refractivity (Wildman–Crippen MR) is 80.8 cm³/mol. The zero-order valence-corrected chi connectivity index (χ0v) is 17.1. The summed E-state index contributed by atoms with van der Waals surface area (Å²) in [5, 5.41) is 13.3. The average molecular weight is 337 g/mol. The average Bonchev–Trinajstić information content (AvgIpc) is 2.70. The molecule has 9 heteroatoms. The fourth-order valence-corrected chi connectivity index (χ4v) is 2.42. The van der Waals surface area contributed by atoms with E-state index in [0.717, 1.165) is 0 Å². The molecule has 22 heavy (non-hydrogen) atoms. The van der Waals surface area contributed by atoms with Gasteiger partial charge in [0.25, 0.3) is 0 Å². The van der Waals surface area contributed by atoms with Gasteiger partial charge in [-0.1, -0.05) is 39.5 Å². The van der Waals surface area contributed by atoms with E-state index in [4.69, 9.17) is 5.11 Å². The van der Waals surface area contributed by atoms with E-state index in [0.29, 0.717) is 11.0 Å². The SMILES string of the molecule is CC(CC(=O)O)Sc1nc(C(C)(C)C)nn1C(=O)N(C)C.[Na+]. The number of rotatable bonds is 4. The monoisotopic (exact) mass is 337 g/mol. The van der Waals surface area contributed by atoms with Crippen LogP contribution in [-0.2, 0) is 10.2 Å². The van der Waals surface area contributed by atoms with Crippen LogP contribution in [0.25, 0.3) is 0 Å². The molecule has 1 amide bonds. The number of hydrogen-bond donors (Lipinski definition) is 1. The van der Waals surface area contributed by atoms with Crippen molar-refractivity contribution in [3.63, 3.8) is 0 Å². The maximum Gasteiger partial charge on any atom is 1.00 e. The second kappa shape index (κ2) is 8.33. The van der Waals surface area contributed by atoms with Crippen molar-refractivity contribution in [2.24, 2.45) is 0 Å². The van der Waals surface area contributed by atoms with E-state index in [1.165, 1.54) is 21.3 Å². The maximum absolute atomic E-state index is 12.2. The summed E-state index contributed by atoms with van der Waals surface area (Å²) in [6.07, 6.45) is -0.00146. The van der Waals surface area contributed by atoms with Gasteiger partial charge in [-0.15, -0.1) is 5.10 Å². The molecule has 0 fully saturated rings. The number of nitrogens with zero attached hydrogens (tertiary/aromatic N) is 4. The minimum Gasteiger partial charge on any atom is -0.481 e. The van der Waals surface area contributed by atoms with Crippen molar-refractivity contribution in [1.29, 1.82) is 0 Å². The molecular formula is C13H22N4NaO3S+. The van der Waals surface area contributed by atoms with Gasteiger partial charge in [0, 0.05) is 24.8 Å². The second-order valence-electron chi connectivity index (χ2n) is 6.08. The molecule has 0 saturated heterocycles. The Bertz CT molecular complexity index is 540. The van der Waals surface area contributed by atoms with Gasteiger partial charge in [0.05, 0.1) is 6.42 Å². The number of hydrogen-bond acceptors (Lipinski definition) is 5. The Balaban J connectivity index is 0.00000441. The van der Waals surface area contributed by atoms with Crippen LogP contribution in [0.5, 0.6) is 0 Å². The predicted octanol–water partition coefficient (Wildman–Crippen LogP) is -0.935. The first-order chi connectivity index (χ1) is 9.52. The zero-order chi connectivity index (χ0) is 16.4. The van der Waals surface area contributed by atoms with Crippen LogP contribution in [-0.4, -0.2) is 56.1 Å². The Morgan fingerprint density at radius 3 is 2.32 bits per heavy atom. The van der Waals surface area contributed by atoms with Crippen LogP contribution in [0.15, 0.2) is 5.16 Å². The van der Waals surface area contributed by atoms with E-state index in [1.807, 2.05) is 20.8 Å². The van der Waals surface area contributed by atoms with Gasteiger partial charge in [-0.25, -0.2) is 9.78 Å². The van der Waals surface area contributed by atoms with Crippen LogP contribution < -0.4 is 29.6 Å². The van der Waals surface area contributed by atoms with Gasteiger partial charge in [0.15, 0.2) is 11.0 Å². The summed E-state index contributed by atoms with van der Waals surface area (Å²) in [6.45, 7) is 7.67. The molecule has 0 radical (unpaired) electrons. The van der Waals surface area contributed by atoms with Gasteiger partial charge < -0.3 is 10.0 Å². The van der Waals surface area contributed by atoms with Crippen molar-refractivity contribution in [1.82, 2.24) is 19.7 Å². The molecule has 1 aromatic rings. The van der Waals surface area contributed by atoms with E-state index in [2.05, 4.69) is 10.1 Å². The summed E-state index contributed by atoms with van der Waals surface area (Å²) in [6, 6.07) is -0.303. The van der Waals surface area contributed by atoms with E-state index in [-0.39, 0.29) is 52.7 Å². The van der Waals surface area contributed by atoms with Crippen molar-refractivity contribution >= 4 is 23.8 Å². The summed E-state index contributed by atoms with van der Waals surface area (Å²) in [5.41, 5.74) is -0.289. The maximum atomic E-state index is 12.2. The quantitative estimate of drug-likeness (QED) is 0.564. The largest absolute Gasteiger partial charge is 1.00 e.